The molecule has 0 radical (unpaired) electrons. The highest BCUT2D eigenvalue weighted by Gasteiger charge is 2.60. The van der Waals surface area contributed by atoms with Gasteiger partial charge in [0, 0.05) is 30.8 Å². The van der Waals surface area contributed by atoms with E-state index in [1.807, 2.05) is 6.07 Å². The summed E-state index contributed by atoms with van der Waals surface area (Å²) in [5.41, 5.74) is 1.16. The molecule has 2 aromatic rings. The number of carboxylic acid groups (broad SMARTS) is 1. The summed E-state index contributed by atoms with van der Waals surface area (Å²) in [5, 5.41) is 134. The number of carbonyl (C=O) groups excluding carboxylic acids is 2. The number of aryl methyl sites for hydroxylation is 1. The number of hydrogen-bond donors (Lipinski definition) is 13. The normalized spacial score (nSPS) is 37.2. The lowest BCUT2D eigenvalue weighted by molar-refractivity contribution is -0.392. The van der Waals surface area contributed by atoms with Crippen LogP contribution in [0.3, 0.4) is 0 Å². The van der Waals surface area contributed by atoms with Crippen LogP contribution in [0.25, 0.3) is 10.9 Å². The zero-order chi connectivity index (χ0) is 54.9. The molecule has 26 nitrogen and oxygen atoms in total. The number of nitrogens with one attached hydrogen (secondary N) is 1. The summed E-state index contributed by atoms with van der Waals surface area (Å²) >= 11 is 0. The smallest absolute Gasteiger partial charge is 0.364 e. The minimum atomic E-state index is -3.00. The van der Waals surface area contributed by atoms with Crippen molar-refractivity contribution in [2.45, 2.75) is 194 Å². The molecule has 1 amide bonds. The first-order valence-electron chi connectivity index (χ1n) is 25.2. The summed E-state index contributed by atoms with van der Waals surface area (Å²) < 4.78 is 53.4. The summed E-state index contributed by atoms with van der Waals surface area (Å²) in [6.45, 7) is 1.62. The van der Waals surface area contributed by atoms with Gasteiger partial charge in [-0.2, -0.15) is 0 Å². The average Bonchev–Trinajstić information content (AvgIpc) is 3.39. The molecule has 0 aliphatic carbocycles. The number of aliphatic hydroxyl groups excluding tert-OH is 11. The van der Waals surface area contributed by atoms with Crippen LogP contribution in [0.2, 0.25) is 0 Å². The van der Waals surface area contributed by atoms with E-state index < -0.39 is 166 Å². The number of ether oxygens (including phenoxy) is 9. The molecule has 4 saturated heterocycles. The minimum absolute atomic E-state index is 0.00472. The number of methoxy groups -OCH3 is 1. The number of amides is 1. The van der Waals surface area contributed by atoms with Crippen molar-refractivity contribution in [2.75, 3.05) is 33.5 Å². The maximum Gasteiger partial charge on any atom is 0.364 e. The Labute approximate surface area is 431 Å². The van der Waals surface area contributed by atoms with E-state index in [9.17, 15) is 75.7 Å². The first-order valence-corrected chi connectivity index (χ1v) is 25.2. The number of aliphatic hydroxyl groups is 11. The number of aromatic nitrogens is 1. The van der Waals surface area contributed by atoms with Gasteiger partial charge in [-0.3, -0.25) is 9.59 Å². The number of fused-ring (bicyclic) bond motifs is 1. The maximum absolute atomic E-state index is 14.5. The van der Waals surface area contributed by atoms with Gasteiger partial charge in [-0.05, 0) is 38.3 Å². The van der Waals surface area contributed by atoms with Crippen LogP contribution in [0.5, 0.6) is 0 Å². The molecule has 21 atom stereocenters. The van der Waals surface area contributed by atoms with E-state index in [0.29, 0.717) is 31.2 Å². The largest absolute Gasteiger partial charge is 0.477 e. The third-order valence-corrected chi connectivity index (χ3v) is 14.3. The van der Waals surface area contributed by atoms with Crippen LogP contribution in [0.1, 0.15) is 81.3 Å². The number of carboxylic acids is 1. The Kier molecular flexibility index (Phi) is 22.0. The molecular weight excluding hydrogens is 1000 g/mol. The van der Waals surface area contributed by atoms with Crippen molar-refractivity contribution in [3.8, 4) is 0 Å². The molecule has 424 valence electrons. The molecule has 6 rings (SSSR count). The van der Waals surface area contributed by atoms with E-state index in [4.69, 9.17) is 42.6 Å². The van der Waals surface area contributed by atoms with E-state index in [1.165, 1.54) is 27.0 Å². The molecule has 1 aromatic carbocycles. The van der Waals surface area contributed by atoms with Crippen LogP contribution in [0, 0.1) is 12.8 Å². The molecule has 4 aliphatic heterocycles. The Hall–Kier alpha value is -3.72. The molecule has 5 heterocycles. The van der Waals surface area contributed by atoms with E-state index in [-0.39, 0.29) is 18.3 Å². The first-order chi connectivity index (χ1) is 35.7. The van der Waals surface area contributed by atoms with Crippen LogP contribution >= 0.6 is 0 Å². The number of benzene rings is 1. The Bertz CT molecular complexity index is 2160. The fourth-order valence-electron chi connectivity index (χ4n) is 9.69. The summed E-state index contributed by atoms with van der Waals surface area (Å²) in [7, 11) is 1.32. The predicted molar refractivity (Wildman–Crippen MR) is 253 cm³/mol. The number of esters is 1. The molecule has 13 N–H and O–H groups in total. The van der Waals surface area contributed by atoms with Gasteiger partial charge in [0.2, 0.25) is 0 Å². The third kappa shape index (κ3) is 14.1. The lowest BCUT2D eigenvalue weighted by Gasteiger charge is -2.51. The quantitative estimate of drug-likeness (QED) is 0.0368. The number of rotatable bonds is 24. The number of nitrogens with zero attached hydrogens (tertiary/aromatic N) is 1. The summed E-state index contributed by atoms with van der Waals surface area (Å²) in [6.07, 6.45) is -29.1. The number of unbranched alkanes of at least 4 members (excludes halogenated alkanes) is 5. The molecule has 0 saturated carbocycles. The molecule has 1 aromatic heterocycles. The molecule has 4 fully saturated rings. The van der Waals surface area contributed by atoms with Gasteiger partial charge in [-0.1, -0.05) is 56.9 Å². The van der Waals surface area contributed by atoms with Crippen molar-refractivity contribution in [1.29, 1.82) is 0 Å². The average molecular weight is 1080 g/mol. The van der Waals surface area contributed by atoms with E-state index >= 15 is 0 Å². The predicted octanol–water partition coefficient (Wildman–Crippen LogP) is -3.02. The van der Waals surface area contributed by atoms with Gasteiger partial charge in [0.1, 0.15) is 85.0 Å². The van der Waals surface area contributed by atoms with Gasteiger partial charge in [0.15, 0.2) is 18.9 Å². The molecule has 18 unspecified atom stereocenters. The molecule has 0 bridgehead atoms. The summed E-state index contributed by atoms with van der Waals surface area (Å²) in [6, 6.07) is 7.01. The summed E-state index contributed by atoms with van der Waals surface area (Å²) in [4.78, 5) is 43.7. The van der Waals surface area contributed by atoms with E-state index in [2.05, 4.69) is 10.3 Å². The Morgan fingerprint density at radius 2 is 1.43 bits per heavy atom. The highest BCUT2D eigenvalue weighted by molar-refractivity contribution is 5.95. The lowest BCUT2D eigenvalue weighted by Crippen LogP contribution is -2.70. The van der Waals surface area contributed by atoms with E-state index in [1.54, 1.807) is 25.1 Å². The monoisotopic (exact) mass is 1070 g/mol. The lowest BCUT2D eigenvalue weighted by atomic mass is 9.84. The molecule has 75 heavy (non-hydrogen) atoms. The minimum Gasteiger partial charge on any atom is -0.477 e. The second kappa shape index (κ2) is 27.2. The van der Waals surface area contributed by atoms with Crippen molar-refractivity contribution in [3.63, 3.8) is 0 Å². The standard InChI is InChI=1S/C49H74N2O24/c1-22-12-11-13-25-15-16-26(50-32(22)25)44(64)51-33-42(73-46-38(62)37(61)34(58)24(3)69-46)41(30(21-54)71-45(33)68-17-10-8-6-5-7-9-14-31(57)67-4)72-47-39(63)43(36(60)29(20-53)70-47)75-49(48(65)66)18-27(55)23(2)40(74-49)35(59)28(56)19-52/h11-13,15-16,23-24,27-30,33-43,45-47,52-56,58-63H,5-10,14,17-21H2,1-4H3,(H,51,64)(H,65,66)/t23?,24?,27?,28-,29?,30?,33?,34?,35-,36?,37?,38?,39?,40?,41?,42?,43?,45?,46?,47?,49+/m1/s1. The van der Waals surface area contributed by atoms with Gasteiger partial charge >= 0.3 is 11.9 Å². The van der Waals surface area contributed by atoms with Crippen LogP contribution in [0.15, 0.2) is 30.3 Å². The Morgan fingerprint density at radius 3 is 2.09 bits per heavy atom. The summed E-state index contributed by atoms with van der Waals surface area (Å²) in [5.74, 6) is -7.11. The van der Waals surface area contributed by atoms with Gasteiger partial charge in [-0.15, -0.1) is 0 Å². The number of hydrogen-bond acceptors (Lipinski definition) is 24. The second-order valence-corrected chi connectivity index (χ2v) is 19.6. The number of pyridine rings is 1. The fourth-order valence-corrected chi connectivity index (χ4v) is 9.69. The second-order valence-electron chi connectivity index (χ2n) is 19.6. The van der Waals surface area contributed by atoms with Crippen molar-refractivity contribution in [3.05, 3.63) is 41.6 Å². The van der Waals surface area contributed by atoms with Crippen molar-refractivity contribution in [2.24, 2.45) is 5.92 Å². The van der Waals surface area contributed by atoms with Crippen LogP contribution in [0.4, 0.5) is 0 Å². The van der Waals surface area contributed by atoms with Crippen LogP contribution < -0.4 is 5.32 Å². The van der Waals surface area contributed by atoms with Crippen molar-refractivity contribution < 1.29 is 118 Å². The maximum atomic E-state index is 14.5. The molecule has 26 heteroatoms. The van der Waals surface area contributed by atoms with Gasteiger partial charge in [-0.25, -0.2) is 9.78 Å². The van der Waals surface area contributed by atoms with Gasteiger partial charge in [0.25, 0.3) is 11.7 Å². The third-order valence-electron chi connectivity index (χ3n) is 14.3. The topological polar surface area (TPSA) is 402 Å². The van der Waals surface area contributed by atoms with Gasteiger partial charge < -0.3 is 109 Å². The van der Waals surface area contributed by atoms with Crippen molar-refractivity contribution in [1.82, 2.24) is 10.3 Å². The molecule has 0 spiro atoms. The number of aliphatic carboxylic acids is 1. The first kappa shape index (κ1) is 60.5. The zero-order valence-electron chi connectivity index (χ0n) is 42.1. The van der Waals surface area contributed by atoms with Crippen molar-refractivity contribution >= 4 is 28.7 Å². The van der Waals surface area contributed by atoms with Crippen LogP contribution in [-0.4, -0.2) is 240 Å². The zero-order valence-corrected chi connectivity index (χ0v) is 42.1. The van der Waals surface area contributed by atoms with Crippen LogP contribution in [-0.2, 0) is 52.2 Å². The fraction of sp³-hybridized carbons (Fsp3) is 0.755. The molecule has 4 aliphatic rings. The van der Waals surface area contributed by atoms with E-state index in [0.717, 1.165) is 30.2 Å². The Balaban J connectivity index is 1.35. The highest BCUT2D eigenvalue weighted by Crippen LogP contribution is 2.41. The number of carbonyl (C=O) groups is 3. The molecular formula is C49H74N2O24. The SMILES string of the molecule is COC(=O)CCCCCCCCOC1OC(CO)C(OC2OC(CO)C(O)C(O[C@]3(C(=O)O)CC(O)C(C)C([C@H](O)[C@H](O)CO)O3)C2O)C(OC2OC(C)C(O)C(O)C2O)C1NC(=O)c1ccc2cccc(C)c2n1. The highest BCUT2D eigenvalue weighted by atomic mass is 16.8. The Morgan fingerprint density at radius 1 is 0.773 bits per heavy atom. The number of para-hydroxylation sites is 1. The van der Waals surface area contributed by atoms with Gasteiger partial charge in [0.05, 0.1) is 50.8 Å².